The number of urea groups is 1. The van der Waals surface area contributed by atoms with Crippen LogP contribution in [0.4, 0.5) is 14.9 Å². The van der Waals surface area contributed by atoms with E-state index in [1.165, 1.54) is 12.1 Å². The zero-order valence-electron chi connectivity index (χ0n) is 11.7. The van der Waals surface area contributed by atoms with Gasteiger partial charge in [0.2, 0.25) is 0 Å². The minimum atomic E-state index is -1.03. The fourth-order valence-corrected chi connectivity index (χ4v) is 1.65. The molecule has 0 aliphatic carbocycles. The van der Waals surface area contributed by atoms with E-state index < -0.39 is 23.9 Å². The number of carbonyl (C=O) groups is 2. The SMILES string of the molecule is CC(C)C(CC(=O)O)NC(=O)Nc1ccc(C#N)cc1F. The van der Waals surface area contributed by atoms with Gasteiger partial charge < -0.3 is 15.7 Å². The van der Waals surface area contributed by atoms with Crippen LogP contribution < -0.4 is 10.6 Å². The van der Waals surface area contributed by atoms with Gasteiger partial charge in [0.05, 0.1) is 23.7 Å². The number of aliphatic carboxylic acids is 1. The third-order valence-corrected chi connectivity index (χ3v) is 2.86. The molecule has 0 saturated carbocycles. The summed E-state index contributed by atoms with van der Waals surface area (Å²) in [5.74, 6) is -1.85. The smallest absolute Gasteiger partial charge is 0.319 e. The van der Waals surface area contributed by atoms with E-state index in [0.717, 1.165) is 6.07 Å². The lowest BCUT2D eigenvalue weighted by Gasteiger charge is -2.21. The average Bonchev–Trinajstić information content (AvgIpc) is 2.39. The Morgan fingerprint density at radius 1 is 1.43 bits per heavy atom. The monoisotopic (exact) mass is 293 g/mol. The Balaban J connectivity index is 2.72. The largest absolute Gasteiger partial charge is 0.481 e. The number of carbonyl (C=O) groups excluding carboxylic acids is 1. The van der Waals surface area contributed by atoms with Crippen molar-refractivity contribution in [1.82, 2.24) is 5.32 Å². The van der Waals surface area contributed by atoms with Crippen LogP contribution in [0.2, 0.25) is 0 Å². The van der Waals surface area contributed by atoms with Crippen molar-refractivity contribution >= 4 is 17.7 Å². The number of nitrogens with one attached hydrogen (secondary N) is 2. The van der Waals surface area contributed by atoms with Crippen LogP contribution in [-0.2, 0) is 4.79 Å². The third-order valence-electron chi connectivity index (χ3n) is 2.86. The van der Waals surface area contributed by atoms with Gasteiger partial charge in [-0.25, -0.2) is 9.18 Å². The minimum Gasteiger partial charge on any atom is -0.481 e. The van der Waals surface area contributed by atoms with Gasteiger partial charge in [0, 0.05) is 6.04 Å². The second-order valence-electron chi connectivity index (χ2n) is 4.85. The average molecular weight is 293 g/mol. The number of amides is 2. The highest BCUT2D eigenvalue weighted by Crippen LogP contribution is 2.15. The summed E-state index contributed by atoms with van der Waals surface area (Å²) in [5.41, 5.74) is 0.0636. The van der Waals surface area contributed by atoms with E-state index in [0.29, 0.717) is 0 Å². The second-order valence-corrected chi connectivity index (χ2v) is 4.85. The number of halogens is 1. The number of nitrogens with zero attached hydrogens (tertiary/aromatic N) is 1. The first-order valence-corrected chi connectivity index (χ1v) is 6.32. The molecule has 1 unspecified atom stereocenters. The molecule has 0 saturated heterocycles. The standard InChI is InChI=1S/C14H16FN3O3/c1-8(2)12(6-13(19)20)18-14(21)17-11-4-3-9(7-16)5-10(11)15/h3-5,8,12H,6H2,1-2H3,(H,19,20)(H2,17,18,21). The molecular weight excluding hydrogens is 277 g/mol. The lowest BCUT2D eigenvalue weighted by molar-refractivity contribution is -0.137. The Labute approximate surface area is 121 Å². The first-order chi connectivity index (χ1) is 9.83. The van der Waals surface area contributed by atoms with Crippen LogP contribution >= 0.6 is 0 Å². The second kappa shape index (κ2) is 7.24. The number of rotatable bonds is 5. The summed E-state index contributed by atoms with van der Waals surface area (Å²) in [6.45, 7) is 3.55. The molecule has 1 rings (SSSR count). The van der Waals surface area contributed by atoms with Gasteiger partial charge in [-0.05, 0) is 24.1 Å². The van der Waals surface area contributed by atoms with E-state index in [4.69, 9.17) is 10.4 Å². The molecule has 6 nitrogen and oxygen atoms in total. The Hall–Kier alpha value is -2.62. The number of benzene rings is 1. The lowest BCUT2D eigenvalue weighted by atomic mass is 10.0. The van der Waals surface area contributed by atoms with Crippen LogP contribution in [0.15, 0.2) is 18.2 Å². The molecule has 0 aromatic heterocycles. The van der Waals surface area contributed by atoms with Gasteiger partial charge in [-0.1, -0.05) is 13.8 Å². The minimum absolute atomic E-state index is 0.0793. The molecule has 0 radical (unpaired) electrons. The maximum Gasteiger partial charge on any atom is 0.319 e. The van der Waals surface area contributed by atoms with E-state index in [-0.39, 0.29) is 23.6 Å². The predicted octanol–water partition coefficient (Wildman–Crippen LogP) is 2.32. The maximum absolute atomic E-state index is 13.6. The Bertz CT molecular complexity index is 581. The number of hydrogen-bond acceptors (Lipinski definition) is 3. The van der Waals surface area contributed by atoms with Crippen LogP contribution in [0.1, 0.15) is 25.8 Å². The molecule has 7 heteroatoms. The molecule has 3 N–H and O–H groups in total. The van der Waals surface area contributed by atoms with Crippen molar-refractivity contribution in [2.45, 2.75) is 26.3 Å². The van der Waals surface area contributed by atoms with Crippen LogP contribution in [0.25, 0.3) is 0 Å². The van der Waals surface area contributed by atoms with Crippen molar-refractivity contribution < 1.29 is 19.1 Å². The van der Waals surface area contributed by atoms with Crippen LogP contribution in [-0.4, -0.2) is 23.1 Å². The van der Waals surface area contributed by atoms with Crippen LogP contribution in [0, 0.1) is 23.1 Å². The van der Waals surface area contributed by atoms with Crippen molar-refractivity contribution in [2.75, 3.05) is 5.32 Å². The number of carboxylic acid groups (broad SMARTS) is 1. The van der Waals surface area contributed by atoms with E-state index in [1.807, 2.05) is 0 Å². The van der Waals surface area contributed by atoms with Crippen LogP contribution in [0.5, 0.6) is 0 Å². The van der Waals surface area contributed by atoms with Crippen LogP contribution in [0.3, 0.4) is 0 Å². The molecule has 1 aromatic rings. The third kappa shape index (κ3) is 5.10. The van der Waals surface area contributed by atoms with Gasteiger partial charge in [-0.3, -0.25) is 4.79 Å². The molecular formula is C14H16FN3O3. The number of carboxylic acids is 1. The molecule has 112 valence electrons. The number of anilines is 1. The Morgan fingerprint density at radius 3 is 2.57 bits per heavy atom. The fourth-order valence-electron chi connectivity index (χ4n) is 1.65. The van der Waals surface area contributed by atoms with Crippen molar-refractivity contribution in [3.63, 3.8) is 0 Å². The molecule has 0 spiro atoms. The summed E-state index contributed by atoms with van der Waals surface area (Å²) in [6.07, 6.45) is -0.221. The van der Waals surface area contributed by atoms with Gasteiger partial charge in [-0.15, -0.1) is 0 Å². The molecule has 0 aliphatic rings. The normalized spacial score (nSPS) is 11.6. The van der Waals surface area contributed by atoms with Gasteiger partial charge >= 0.3 is 12.0 Å². The first-order valence-electron chi connectivity index (χ1n) is 6.32. The topological polar surface area (TPSA) is 102 Å². The summed E-state index contributed by atoms with van der Waals surface area (Å²) >= 11 is 0. The molecule has 1 atom stereocenters. The maximum atomic E-state index is 13.6. The van der Waals surface area contributed by atoms with E-state index in [1.54, 1.807) is 19.9 Å². The summed E-state index contributed by atoms with van der Waals surface area (Å²) in [5, 5.41) is 22.2. The highest BCUT2D eigenvalue weighted by Gasteiger charge is 2.19. The number of nitriles is 1. The van der Waals surface area contributed by atoms with E-state index in [2.05, 4.69) is 10.6 Å². The van der Waals surface area contributed by atoms with Crippen molar-refractivity contribution in [3.05, 3.63) is 29.6 Å². The van der Waals surface area contributed by atoms with Crippen molar-refractivity contribution in [1.29, 1.82) is 5.26 Å². The van der Waals surface area contributed by atoms with E-state index in [9.17, 15) is 14.0 Å². The summed E-state index contributed by atoms with van der Waals surface area (Å²) in [4.78, 5) is 22.5. The molecule has 0 aliphatic heterocycles. The Kier molecular flexibility index (Phi) is 5.67. The van der Waals surface area contributed by atoms with Gasteiger partial charge in [0.1, 0.15) is 5.82 Å². The van der Waals surface area contributed by atoms with E-state index >= 15 is 0 Å². The highest BCUT2D eigenvalue weighted by atomic mass is 19.1. The molecule has 0 heterocycles. The molecule has 0 bridgehead atoms. The summed E-state index contributed by atoms with van der Waals surface area (Å²) in [7, 11) is 0. The highest BCUT2D eigenvalue weighted by molar-refractivity contribution is 5.90. The fraction of sp³-hybridized carbons (Fsp3) is 0.357. The zero-order chi connectivity index (χ0) is 16.0. The molecule has 0 fully saturated rings. The quantitative estimate of drug-likeness (QED) is 0.775. The van der Waals surface area contributed by atoms with Gasteiger partial charge in [0.15, 0.2) is 0 Å². The zero-order valence-corrected chi connectivity index (χ0v) is 11.7. The van der Waals surface area contributed by atoms with Crippen molar-refractivity contribution in [3.8, 4) is 6.07 Å². The number of hydrogen-bond donors (Lipinski definition) is 3. The molecule has 2 amide bonds. The van der Waals surface area contributed by atoms with Crippen molar-refractivity contribution in [2.24, 2.45) is 5.92 Å². The Morgan fingerprint density at radius 2 is 2.10 bits per heavy atom. The summed E-state index contributed by atoms with van der Waals surface area (Å²) < 4.78 is 13.6. The molecule has 21 heavy (non-hydrogen) atoms. The van der Waals surface area contributed by atoms with Gasteiger partial charge in [-0.2, -0.15) is 5.26 Å². The summed E-state index contributed by atoms with van der Waals surface area (Å²) in [6, 6.07) is 4.17. The van der Waals surface area contributed by atoms with Gasteiger partial charge in [0.25, 0.3) is 0 Å². The molecule has 1 aromatic carbocycles. The first kappa shape index (κ1) is 16.4. The predicted molar refractivity (Wildman–Crippen MR) is 74.1 cm³/mol. The lowest BCUT2D eigenvalue weighted by Crippen LogP contribution is -2.42.